The second kappa shape index (κ2) is 9.44. The van der Waals surface area contributed by atoms with Crippen LogP contribution in [0.4, 0.5) is 0 Å². The normalized spacial score (nSPS) is 12.7. The molecule has 0 aromatic heterocycles. The molecule has 0 saturated heterocycles. The Morgan fingerprint density at radius 2 is 1.21 bits per heavy atom. The summed E-state index contributed by atoms with van der Waals surface area (Å²) in [5.41, 5.74) is -0.661. The first-order valence-electron chi connectivity index (χ1n) is 8.26. The fourth-order valence-corrected chi connectivity index (χ4v) is 20.3. The number of hydrogen-bond acceptors (Lipinski definition) is 1. The van der Waals surface area contributed by atoms with Crippen molar-refractivity contribution in [1.29, 1.82) is 0 Å². The van der Waals surface area contributed by atoms with Crippen LogP contribution in [0.2, 0.25) is 13.3 Å². The van der Waals surface area contributed by atoms with E-state index < -0.39 is 24.0 Å². The van der Waals surface area contributed by atoms with Gasteiger partial charge in [0, 0.05) is 0 Å². The summed E-state index contributed by atoms with van der Waals surface area (Å²) in [6.07, 6.45) is 7.82. The molecule has 2 heteroatoms. The predicted molar refractivity (Wildman–Crippen MR) is 90.3 cm³/mol. The van der Waals surface area contributed by atoms with Crippen molar-refractivity contribution in [3.63, 3.8) is 0 Å². The van der Waals surface area contributed by atoms with Gasteiger partial charge in [-0.3, -0.25) is 0 Å². The average Bonchev–Trinajstić information content (AvgIpc) is 2.36. The molecule has 0 amide bonds. The molecule has 0 spiro atoms. The van der Waals surface area contributed by atoms with Gasteiger partial charge in [-0.1, -0.05) is 0 Å². The molecular formula is C17H36OSn. The molecule has 19 heavy (non-hydrogen) atoms. The van der Waals surface area contributed by atoms with Gasteiger partial charge in [-0.05, 0) is 0 Å². The van der Waals surface area contributed by atoms with Gasteiger partial charge in [0.25, 0.3) is 0 Å². The van der Waals surface area contributed by atoms with E-state index in [4.69, 9.17) is 0 Å². The molecule has 0 heterocycles. The minimum atomic E-state index is -2.41. The third-order valence-electron chi connectivity index (χ3n) is 4.41. The van der Waals surface area contributed by atoms with Crippen LogP contribution in [-0.2, 0) is 0 Å². The van der Waals surface area contributed by atoms with E-state index in [1.54, 1.807) is 0 Å². The number of unbranched alkanes of at least 4 members (excludes halogenated alkanes) is 3. The van der Waals surface area contributed by atoms with Crippen LogP contribution in [-0.4, -0.2) is 29.1 Å². The van der Waals surface area contributed by atoms with Crippen molar-refractivity contribution < 1.29 is 5.11 Å². The van der Waals surface area contributed by atoms with Crippen LogP contribution in [0.1, 0.15) is 73.1 Å². The molecule has 0 bridgehead atoms. The quantitative estimate of drug-likeness (QED) is 0.459. The van der Waals surface area contributed by atoms with E-state index >= 15 is 0 Å². The number of rotatable bonds is 11. The summed E-state index contributed by atoms with van der Waals surface area (Å²) in [6, 6.07) is 0. The summed E-state index contributed by atoms with van der Waals surface area (Å²) >= 11 is -2.41. The second-order valence-corrected chi connectivity index (χ2v) is 19.9. The summed E-state index contributed by atoms with van der Waals surface area (Å²) in [5, 5.41) is 10.5. The Hall–Kier alpha value is 0.499. The fourth-order valence-electron chi connectivity index (χ4n) is 3.02. The van der Waals surface area contributed by atoms with E-state index in [2.05, 4.69) is 27.4 Å². The minimum absolute atomic E-state index is 0.661. The molecule has 0 aromatic carbocycles. The summed E-state index contributed by atoms with van der Waals surface area (Å²) in [5.74, 6) is 0. The molecule has 0 radical (unpaired) electrons. The summed E-state index contributed by atoms with van der Waals surface area (Å²) in [6.45, 7) is 15.1. The molecule has 0 aliphatic rings. The van der Waals surface area contributed by atoms with E-state index in [9.17, 15) is 5.11 Å². The van der Waals surface area contributed by atoms with Crippen molar-refractivity contribution >= 4 is 18.4 Å². The Morgan fingerprint density at radius 3 is 1.42 bits per heavy atom. The summed E-state index contributed by atoms with van der Waals surface area (Å²) in [7, 11) is 0. The molecule has 1 N–H and O–H groups in total. The molecule has 0 aliphatic carbocycles. The van der Waals surface area contributed by atoms with Gasteiger partial charge < -0.3 is 0 Å². The van der Waals surface area contributed by atoms with Crippen LogP contribution in [0.25, 0.3) is 0 Å². The Labute approximate surface area is 125 Å². The van der Waals surface area contributed by atoms with Crippen LogP contribution >= 0.6 is 0 Å². The maximum absolute atomic E-state index is 10.5. The zero-order valence-corrected chi connectivity index (χ0v) is 16.9. The number of aliphatic hydroxyl groups is 1. The fraction of sp³-hybridized carbons (Fsp3) is 0.882. The summed E-state index contributed by atoms with van der Waals surface area (Å²) < 4.78 is 5.47. The topological polar surface area (TPSA) is 20.2 Å². The van der Waals surface area contributed by atoms with Crippen molar-refractivity contribution in [3.05, 3.63) is 10.2 Å². The van der Waals surface area contributed by atoms with Crippen LogP contribution in [0, 0.1) is 0 Å². The van der Waals surface area contributed by atoms with E-state index in [0.717, 1.165) is 0 Å². The number of hydrogen-bond donors (Lipinski definition) is 1. The third-order valence-corrected chi connectivity index (χ3v) is 21.0. The monoisotopic (exact) mass is 376 g/mol. The molecule has 0 atom stereocenters. The van der Waals surface area contributed by atoms with Gasteiger partial charge in [-0.15, -0.1) is 0 Å². The van der Waals surface area contributed by atoms with E-state index in [-0.39, 0.29) is 0 Å². The third kappa shape index (κ3) is 6.66. The molecule has 114 valence electrons. The first-order valence-corrected chi connectivity index (χ1v) is 15.7. The standard InChI is InChI=1S/C5H9O.3C4H9.Sn/c1-4-5(2,3)6;3*1-3-4-2;/h6H,1H2,2-3H3;3*1,3-4H2,2H3;. The first kappa shape index (κ1) is 19.5. The zero-order chi connectivity index (χ0) is 14.9. The van der Waals surface area contributed by atoms with Crippen LogP contribution < -0.4 is 0 Å². The molecule has 0 aromatic rings. The molecule has 0 saturated carbocycles. The van der Waals surface area contributed by atoms with Gasteiger partial charge in [0.05, 0.1) is 0 Å². The van der Waals surface area contributed by atoms with Crippen LogP contribution in [0.3, 0.4) is 0 Å². The van der Waals surface area contributed by atoms with Crippen molar-refractivity contribution in [1.82, 2.24) is 0 Å². The van der Waals surface area contributed by atoms with Gasteiger partial charge in [0.2, 0.25) is 0 Å². The Bertz CT molecular complexity index is 231. The van der Waals surface area contributed by atoms with Crippen LogP contribution in [0.5, 0.6) is 0 Å². The van der Waals surface area contributed by atoms with E-state index in [0.29, 0.717) is 0 Å². The molecule has 0 rings (SSSR count). The Balaban J connectivity index is 5.13. The van der Waals surface area contributed by atoms with Crippen molar-refractivity contribution in [3.8, 4) is 0 Å². The molecule has 0 unspecified atom stereocenters. The van der Waals surface area contributed by atoms with Gasteiger partial charge in [-0.25, -0.2) is 0 Å². The maximum atomic E-state index is 10.5. The second-order valence-electron chi connectivity index (χ2n) is 6.63. The average molecular weight is 375 g/mol. The van der Waals surface area contributed by atoms with E-state index in [1.807, 2.05) is 13.8 Å². The van der Waals surface area contributed by atoms with Crippen molar-refractivity contribution in [2.75, 3.05) is 0 Å². The van der Waals surface area contributed by atoms with Gasteiger partial charge in [0.1, 0.15) is 0 Å². The van der Waals surface area contributed by atoms with Gasteiger partial charge >= 0.3 is 126 Å². The summed E-state index contributed by atoms with van der Waals surface area (Å²) in [4.78, 5) is 0. The zero-order valence-electron chi connectivity index (χ0n) is 14.0. The predicted octanol–water partition coefficient (Wildman–Crippen LogP) is 5.70. The Kier molecular flexibility index (Phi) is 9.69. The molecule has 0 aliphatic heterocycles. The van der Waals surface area contributed by atoms with Crippen molar-refractivity contribution in [2.45, 2.75) is 92.1 Å². The van der Waals surface area contributed by atoms with E-state index in [1.165, 1.54) is 55.4 Å². The first-order chi connectivity index (χ1) is 8.84. The van der Waals surface area contributed by atoms with Crippen molar-refractivity contribution in [2.24, 2.45) is 0 Å². The van der Waals surface area contributed by atoms with Crippen LogP contribution in [0.15, 0.2) is 10.2 Å². The SMILES string of the molecule is C=[C](C(C)(C)O)[Sn]([CH2]CCC)([CH2]CCC)[CH2]CCC. The Morgan fingerprint density at radius 1 is 0.895 bits per heavy atom. The molecular weight excluding hydrogens is 339 g/mol. The molecule has 1 nitrogen and oxygen atoms in total. The van der Waals surface area contributed by atoms with Gasteiger partial charge in [0.15, 0.2) is 0 Å². The molecule has 0 fully saturated rings. The van der Waals surface area contributed by atoms with Gasteiger partial charge in [-0.2, -0.15) is 0 Å².